The minimum absolute atomic E-state index is 0.112. The van der Waals surface area contributed by atoms with Gasteiger partial charge in [-0.15, -0.1) is 0 Å². The topological polar surface area (TPSA) is 68.3 Å². The van der Waals surface area contributed by atoms with Crippen molar-refractivity contribution in [2.75, 3.05) is 31.0 Å². The van der Waals surface area contributed by atoms with Crippen LogP contribution in [-0.2, 0) is 4.74 Å². The quantitative estimate of drug-likeness (QED) is 0.573. The molecule has 140 valence electrons. The Labute approximate surface area is 157 Å². The Hall–Kier alpha value is -3.19. The fourth-order valence-corrected chi connectivity index (χ4v) is 2.36. The molecule has 0 spiro atoms. The maximum Gasteiger partial charge on any atom is 0.229 e. The van der Waals surface area contributed by atoms with Crippen LogP contribution in [0.1, 0.15) is 5.56 Å². The second-order valence-corrected chi connectivity index (χ2v) is 5.82. The van der Waals surface area contributed by atoms with Crippen LogP contribution in [-0.4, -0.2) is 30.3 Å². The first-order valence-corrected chi connectivity index (χ1v) is 8.50. The fraction of sp³-hybridized carbons (Fsp3) is 0.200. The van der Waals surface area contributed by atoms with E-state index in [1.807, 2.05) is 55.5 Å². The van der Waals surface area contributed by atoms with Gasteiger partial charge in [0.2, 0.25) is 5.95 Å². The van der Waals surface area contributed by atoms with Crippen molar-refractivity contribution in [1.29, 1.82) is 0 Å². The van der Waals surface area contributed by atoms with Gasteiger partial charge in [0.15, 0.2) is 11.6 Å². The lowest BCUT2D eigenvalue weighted by molar-refractivity contribution is 0.146. The van der Waals surface area contributed by atoms with E-state index in [2.05, 4.69) is 20.6 Å². The van der Waals surface area contributed by atoms with Crippen molar-refractivity contribution in [3.63, 3.8) is 0 Å². The number of ether oxygens (including phenoxy) is 2. The number of aromatic nitrogens is 2. The molecule has 0 aliphatic carbocycles. The second kappa shape index (κ2) is 8.95. The van der Waals surface area contributed by atoms with Crippen molar-refractivity contribution < 1.29 is 13.9 Å². The van der Waals surface area contributed by atoms with Gasteiger partial charge in [0.1, 0.15) is 12.4 Å². The number of nitrogens with one attached hydrogen (secondary N) is 2. The first-order valence-electron chi connectivity index (χ1n) is 8.50. The van der Waals surface area contributed by atoms with Crippen molar-refractivity contribution in [3.05, 3.63) is 66.1 Å². The average Bonchev–Trinajstić information content (AvgIpc) is 2.68. The molecule has 6 nitrogen and oxygen atoms in total. The summed E-state index contributed by atoms with van der Waals surface area (Å²) in [5.74, 6) is 0.618. The van der Waals surface area contributed by atoms with Crippen molar-refractivity contribution in [1.82, 2.24) is 9.97 Å². The van der Waals surface area contributed by atoms with Crippen molar-refractivity contribution >= 4 is 23.1 Å². The molecule has 2 N–H and O–H groups in total. The van der Waals surface area contributed by atoms with Crippen LogP contribution >= 0.6 is 0 Å². The standard InChI is InChI=1S/C20H21FN4O2/c1-14-5-3-4-6-18(14)24-19-17(21)13-22-20(25-19)23-15-7-9-16(10-8-15)27-12-11-26-2/h3-10,13H,11-12H2,1-2H3,(H2,22,23,24,25). The van der Waals surface area contributed by atoms with Crippen LogP contribution in [0.15, 0.2) is 54.7 Å². The van der Waals surface area contributed by atoms with Gasteiger partial charge in [0, 0.05) is 18.5 Å². The molecular formula is C20H21FN4O2. The van der Waals surface area contributed by atoms with Gasteiger partial charge in [0.05, 0.1) is 12.8 Å². The highest BCUT2D eigenvalue weighted by Gasteiger charge is 2.09. The van der Waals surface area contributed by atoms with Gasteiger partial charge in [-0.05, 0) is 42.8 Å². The van der Waals surface area contributed by atoms with E-state index in [0.29, 0.717) is 19.2 Å². The molecule has 0 atom stereocenters. The molecule has 3 rings (SSSR count). The van der Waals surface area contributed by atoms with Gasteiger partial charge >= 0.3 is 0 Å². The molecule has 3 aromatic rings. The minimum atomic E-state index is -0.523. The molecule has 0 aliphatic rings. The summed E-state index contributed by atoms with van der Waals surface area (Å²) in [6.07, 6.45) is 1.14. The molecule has 0 saturated heterocycles. The smallest absolute Gasteiger partial charge is 0.229 e. The first kappa shape index (κ1) is 18.6. The van der Waals surface area contributed by atoms with Gasteiger partial charge in [-0.3, -0.25) is 0 Å². The average molecular weight is 368 g/mol. The highest BCUT2D eigenvalue weighted by molar-refractivity contribution is 5.62. The maximum atomic E-state index is 14.1. The van der Waals surface area contributed by atoms with Crippen LogP contribution in [0.5, 0.6) is 5.75 Å². The van der Waals surface area contributed by atoms with Crippen LogP contribution in [0, 0.1) is 12.7 Å². The number of para-hydroxylation sites is 1. The molecule has 0 saturated carbocycles. The normalized spacial score (nSPS) is 10.5. The lowest BCUT2D eigenvalue weighted by Crippen LogP contribution is -2.05. The third-order valence-corrected chi connectivity index (χ3v) is 3.81. The fourth-order valence-electron chi connectivity index (χ4n) is 2.36. The van der Waals surface area contributed by atoms with E-state index >= 15 is 0 Å². The van der Waals surface area contributed by atoms with E-state index in [-0.39, 0.29) is 5.82 Å². The van der Waals surface area contributed by atoms with Crippen molar-refractivity contribution in [2.45, 2.75) is 6.92 Å². The lowest BCUT2D eigenvalue weighted by Gasteiger charge is -2.11. The van der Waals surface area contributed by atoms with Crippen molar-refractivity contribution in [2.24, 2.45) is 0 Å². The number of hydrogen-bond donors (Lipinski definition) is 2. The Bertz CT molecular complexity index is 887. The van der Waals surface area contributed by atoms with Crippen LogP contribution < -0.4 is 15.4 Å². The Balaban J connectivity index is 1.69. The summed E-state index contributed by atoms with van der Waals surface area (Å²) in [7, 11) is 1.63. The Morgan fingerprint density at radius 1 is 1.00 bits per heavy atom. The highest BCUT2D eigenvalue weighted by atomic mass is 19.1. The predicted octanol–water partition coefficient (Wildman–Crippen LogP) is 4.44. The molecule has 0 radical (unpaired) electrons. The molecule has 0 bridgehead atoms. The van der Waals surface area contributed by atoms with E-state index < -0.39 is 5.82 Å². The SMILES string of the molecule is COCCOc1ccc(Nc2ncc(F)c(Nc3ccccc3C)n2)cc1. The number of benzene rings is 2. The van der Waals surface area contributed by atoms with Gasteiger partial charge < -0.3 is 20.1 Å². The van der Waals surface area contributed by atoms with Crippen LogP contribution in [0.2, 0.25) is 0 Å². The van der Waals surface area contributed by atoms with Crippen LogP contribution in [0.4, 0.5) is 27.5 Å². The highest BCUT2D eigenvalue weighted by Crippen LogP contribution is 2.23. The lowest BCUT2D eigenvalue weighted by atomic mass is 10.2. The number of methoxy groups -OCH3 is 1. The number of hydrogen-bond acceptors (Lipinski definition) is 6. The van der Waals surface area contributed by atoms with E-state index in [0.717, 1.165) is 28.9 Å². The molecular weight excluding hydrogens is 347 g/mol. The molecule has 0 amide bonds. The van der Waals surface area contributed by atoms with Gasteiger partial charge in [-0.25, -0.2) is 9.37 Å². The number of nitrogens with zero attached hydrogens (tertiary/aromatic N) is 2. The summed E-state index contributed by atoms with van der Waals surface area (Å²) < 4.78 is 24.6. The van der Waals surface area contributed by atoms with E-state index in [1.54, 1.807) is 7.11 Å². The Morgan fingerprint density at radius 3 is 2.52 bits per heavy atom. The summed E-state index contributed by atoms with van der Waals surface area (Å²) in [6, 6.07) is 14.9. The molecule has 0 fully saturated rings. The molecule has 2 aromatic carbocycles. The monoisotopic (exact) mass is 368 g/mol. The Morgan fingerprint density at radius 2 is 1.78 bits per heavy atom. The van der Waals surface area contributed by atoms with E-state index in [9.17, 15) is 4.39 Å². The summed E-state index contributed by atoms with van der Waals surface area (Å²) in [6.45, 7) is 2.95. The largest absolute Gasteiger partial charge is 0.491 e. The van der Waals surface area contributed by atoms with E-state index in [1.165, 1.54) is 0 Å². The molecule has 7 heteroatoms. The zero-order valence-corrected chi connectivity index (χ0v) is 15.2. The van der Waals surface area contributed by atoms with Gasteiger partial charge in [0.25, 0.3) is 0 Å². The minimum Gasteiger partial charge on any atom is -0.491 e. The number of rotatable bonds is 8. The molecule has 27 heavy (non-hydrogen) atoms. The molecule has 0 unspecified atom stereocenters. The summed E-state index contributed by atoms with van der Waals surface area (Å²) in [4.78, 5) is 8.23. The number of halogens is 1. The van der Waals surface area contributed by atoms with Gasteiger partial charge in [-0.1, -0.05) is 18.2 Å². The summed E-state index contributed by atoms with van der Waals surface area (Å²) in [5.41, 5.74) is 2.55. The number of aryl methyl sites for hydroxylation is 1. The van der Waals surface area contributed by atoms with Crippen LogP contribution in [0.25, 0.3) is 0 Å². The molecule has 1 heterocycles. The van der Waals surface area contributed by atoms with Crippen molar-refractivity contribution in [3.8, 4) is 5.75 Å². The van der Waals surface area contributed by atoms with Crippen LogP contribution in [0.3, 0.4) is 0 Å². The zero-order valence-electron chi connectivity index (χ0n) is 15.2. The second-order valence-electron chi connectivity index (χ2n) is 5.82. The molecule has 0 aliphatic heterocycles. The molecule has 1 aromatic heterocycles. The predicted molar refractivity (Wildman–Crippen MR) is 104 cm³/mol. The van der Waals surface area contributed by atoms with E-state index in [4.69, 9.17) is 9.47 Å². The third kappa shape index (κ3) is 5.15. The first-order chi connectivity index (χ1) is 13.2. The maximum absolute atomic E-state index is 14.1. The zero-order chi connectivity index (χ0) is 19.1. The third-order valence-electron chi connectivity index (χ3n) is 3.81. The number of anilines is 4. The summed E-state index contributed by atoms with van der Waals surface area (Å²) >= 11 is 0. The van der Waals surface area contributed by atoms with Gasteiger partial charge in [-0.2, -0.15) is 4.98 Å². The summed E-state index contributed by atoms with van der Waals surface area (Å²) in [5, 5.41) is 6.06. The Kier molecular flexibility index (Phi) is 6.17.